The molecular weight excluding hydrogens is 647 g/mol. The molecule has 0 amide bonds. The van der Waals surface area contributed by atoms with Crippen LogP contribution in [0.4, 0.5) is 0 Å². The molecule has 17 nitrogen and oxygen atoms in total. The minimum atomic E-state index is -0.678. The molecule has 0 saturated heterocycles. The largest absolute Gasteiger partial charge is 0.504 e. The summed E-state index contributed by atoms with van der Waals surface area (Å²) in [4.78, 5) is 84.4. The summed E-state index contributed by atoms with van der Waals surface area (Å²) in [5, 5.41) is 10.1. The molecular formula is C27H28O17V. The third kappa shape index (κ3) is 12.2. The predicted octanol–water partition coefficient (Wildman–Crippen LogP) is 0.793. The minimum Gasteiger partial charge on any atom is -0.504 e. The van der Waals surface area contributed by atoms with E-state index in [2.05, 4.69) is 24.0 Å². The fourth-order valence-corrected chi connectivity index (χ4v) is 3.18. The van der Waals surface area contributed by atoms with Gasteiger partial charge < -0.3 is 43.1 Å². The van der Waals surface area contributed by atoms with Crippen LogP contribution in [0, 0.1) is 0 Å². The number of hydrogen-bond acceptors (Lipinski definition) is 17. The van der Waals surface area contributed by atoms with E-state index in [4.69, 9.17) is 24.0 Å². The summed E-state index contributed by atoms with van der Waals surface area (Å²) >= 11 is 0. The van der Waals surface area contributed by atoms with Crippen molar-refractivity contribution in [3.05, 3.63) is 46.5 Å². The molecule has 1 radical (unpaired) electrons. The molecule has 45 heavy (non-hydrogen) atoms. The molecule has 1 aliphatic rings. The van der Waals surface area contributed by atoms with Gasteiger partial charge >= 0.3 is 23.9 Å². The van der Waals surface area contributed by atoms with Crippen LogP contribution >= 0.6 is 0 Å². The predicted molar refractivity (Wildman–Crippen MR) is 139 cm³/mol. The molecule has 18 heteroatoms. The van der Waals surface area contributed by atoms with Crippen molar-refractivity contribution in [3.63, 3.8) is 0 Å². The summed E-state index contributed by atoms with van der Waals surface area (Å²) in [6.07, 6.45) is 0.999. The van der Waals surface area contributed by atoms with Crippen molar-refractivity contribution in [2.24, 2.45) is 0 Å². The third-order valence-electron chi connectivity index (χ3n) is 5.13. The van der Waals surface area contributed by atoms with Gasteiger partial charge in [0, 0.05) is 29.7 Å². The average molecular weight is 675 g/mol. The van der Waals surface area contributed by atoms with Crippen LogP contribution in [0.15, 0.2) is 24.3 Å². The molecule has 2 aromatic rings. The maximum absolute atomic E-state index is 11.6. The second-order valence-electron chi connectivity index (χ2n) is 7.98. The van der Waals surface area contributed by atoms with Gasteiger partial charge in [0.1, 0.15) is 39.0 Å². The van der Waals surface area contributed by atoms with E-state index < -0.39 is 30.5 Å². The Morgan fingerprint density at radius 3 is 1.93 bits per heavy atom. The van der Waals surface area contributed by atoms with Crippen molar-refractivity contribution in [2.75, 3.05) is 47.8 Å². The molecule has 1 heterocycles. The van der Waals surface area contributed by atoms with Crippen LogP contribution in [-0.4, -0.2) is 89.3 Å². The van der Waals surface area contributed by atoms with Crippen molar-refractivity contribution < 1.29 is 100 Å². The Bertz CT molecular complexity index is 1340. The van der Waals surface area contributed by atoms with Crippen LogP contribution in [-0.2, 0) is 84.7 Å². The molecule has 0 aliphatic carbocycles. The number of fused-ring (bicyclic) bond motifs is 1. The number of phenols is 1. The summed E-state index contributed by atoms with van der Waals surface area (Å²) in [6.45, 7) is -1.65. The van der Waals surface area contributed by atoms with Crippen molar-refractivity contribution in [1.29, 1.82) is 0 Å². The average Bonchev–Trinajstić information content (AvgIpc) is 3.04. The van der Waals surface area contributed by atoms with Gasteiger partial charge in [-0.3, -0.25) is 0 Å². The Hall–Kier alpha value is -4.52. The molecule has 0 aromatic heterocycles. The number of benzene rings is 2. The maximum Gasteiger partial charge on any atom is 0.349 e. The van der Waals surface area contributed by atoms with E-state index in [1.165, 1.54) is 45.6 Å². The van der Waals surface area contributed by atoms with Crippen LogP contribution in [0.1, 0.15) is 31.8 Å². The first kappa shape index (κ1) is 38.5. The zero-order valence-electron chi connectivity index (χ0n) is 24.1. The molecule has 0 fully saturated rings. The van der Waals surface area contributed by atoms with Gasteiger partial charge in [-0.05, 0) is 24.3 Å². The molecule has 1 aliphatic heterocycles. The van der Waals surface area contributed by atoms with E-state index in [9.17, 15) is 33.9 Å². The van der Waals surface area contributed by atoms with E-state index in [-0.39, 0.29) is 91.3 Å². The van der Waals surface area contributed by atoms with Crippen molar-refractivity contribution >= 4 is 36.4 Å². The summed E-state index contributed by atoms with van der Waals surface area (Å²) in [5.74, 6) is -2.59. The Labute approximate surface area is 267 Å². The first-order chi connectivity index (χ1) is 21.2. The second kappa shape index (κ2) is 20.4. The van der Waals surface area contributed by atoms with E-state index in [0.717, 1.165) is 0 Å². The molecule has 0 bridgehead atoms. The number of methoxy groups -OCH3 is 3. The standard InChI is InChI=1S/C14H16O9.C13H12O8.V/c1-19-12(16)8-21-11-6-9(14(18)20-2)5-10(13(11)17)7-23-22-4-3-15;1-17-13(16)8-4-9(6-20-19-3-2-14)12-10(5-8)18-7-11(15)21-12;/h3,5-6,17H,4,7-8H2,1-2H3;2,4-5H,3,6-7H2,1H3;. The van der Waals surface area contributed by atoms with Crippen LogP contribution < -0.4 is 14.2 Å². The minimum absolute atomic E-state index is 0. The molecule has 0 unspecified atom stereocenters. The van der Waals surface area contributed by atoms with Crippen molar-refractivity contribution in [1.82, 2.24) is 0 Å². The Morgan fingerprint density at radius 1 is 0.822 bits per heavy atom. The number of carbonyl (C=O) groups is 6. The SMILES string of the molecule is COC(=O)COc1cc(C(=O)OC)cc(COOCC=O)c1O.COC(=O)c1cc(COOCC=O)c2c(c1)OCC(=O)O2.[V]. The zero-order chi connectivity index (χ0) is 32.5. The van der Waals surface area contributed by atoms with Crippen molar-refractivity contribution in [3.8, 4) is 23.0 Å². The van der Waals surface area contributed by atoms with Gasteiger partial charge in [-0.2, -0.15) is 0 Å². The molecule has 0 atom stereocenters. The van der Waals surface area contributed by atoms with E-state index in [1.54, 1.807) is 0 Å². The van der Waals surface area contributed by atoms with Gasteiger partial charge in [-0.25, -0.2) is 38.7 Å². The van der Waals surface area contributed by atoms with Gasteiger partial charge in [0.05, 0.1) is 32.5 Å². The van der Waals surface area contributed by atoms with Gasteiger partial charge in [0.2, 0.25) is 0 Å². The van der Waals surface area contributed by atoms with Gasteiger partial charge in [0.15, 0.2) is 36.2 Å². The Morgan fingerprint density at radius 2 is 1.38 bits per heavy atom. The first-order valence-corrected chi connectivity index (χ1v) is 12.3. The van der Waals surface area contributed by atoms with Crippen molar-refractivity contribution in [2.45, 2.75) is 13.2 Å². The molecule has 1 N–H and O–H groups in total. The van der Waals surface area contributed by atoms with Gasteiger partial charge in [0.25, 0.3) is 0 Å². The Balaban J connectivity index is 0.000000441. The molecule has 243 valence electrons. The molecule has 0 saturated carbocycles. The van der Waals surface area contributed by atoms with Gasteiger partial charge in [-0.15, -0.1) is 0 Å². The maximum atomic E-state index is 11.6. The third-order valence-corrected chi connectivity index (χ3v) is 5.13. The van der Waals surface area contributed by atoms with Crippen LogP contribution in [0.25, 0.3) is 0 Å². The Kier molecular flexibility index (Phi) is 17.5. The fraction of sp³-hybridized carbons (Fsp3) is 0.333. The number of phenolic OH excluding ortho intramolecular Hbond substituents is 1. The van der Waals surface area contributed by atoms with Crippen LogP contribution in [0.5, 0.6) is 23.0 Å². The summed E-state index contributed by atoms with van der Waals surface area (Å²) < 4.78 is 29.0. The quantitative estimate of drug-likeness (QED) is 0.0525. The van der Waals surface area contributed by atoms with E-state index >= 15 is 0 Å². The zero-order valence-corrected chi connectivity index (χ0v) is 25.5. The van der Waals surface area contributed by atoms with Crippen LogP contribution in [0.2, 0.25) is 0 Å². The smallest absolute Gasteiger partial charge is 0.349 e. The fourth-order valence-electron chi connectivity index (χ4n) is 3.18. The van der Waals surface area contributed by atoms with E-state index in [1.807, 2.05) is 0 Å². The number of aromatic hydroxyl groups is 1. The summed E-state index contributed by atoms with van der Waals surface area (Å²) in [6, 6.07) is 5.34. The number of hydrogen-bond donors (Lipinski definition) is 1. The monoisotopic (exact) mass is 675 g/mol. The normalized spacial score (nSPS) is 11.1. The number of esters is 4. The number of ether oxygens (including phenoxy) is 6. The van der Waals surface area contributed by atoms with Gasteiger partial charge in [-0.1, -0.05) is 0 Å². The number of aldehydes is 2. The topological polar surface area (TPSA) is 215 Å². The van der Waals surface area contributed by atoms with E-state index in [0.29, 0.717) is 18.1 Å². The molecule has 0 spiro atoms. The molecule has 3 rings (SSSR count). The summed E-state index contributed by atoms with van der Waals surface area (Å²) in [7, 11) is 3.61. The van der Waals surface area contributed by atoms with Crippen LogP contribution in [0.3, 0.4) is 0 Å². The summed E-state index contributed by atoms with van der Waals surface area (Å²) in [5.41, 5.74) is 0.771. The second-order valence-corrected chi connectivity index (χ2v) is 7.98. The number of rotatable bonds is 15. The molecule has 2 aromatic carbocycles. The number of carbonyl (C=O) groups excluding carboxylic acids is 6. The first-order valence-electron chi connectivity index (χ1n) is 12.3.